The maximum Gasteiger partial charge on any atom is 0.327 e. The summed E-state index contributed by atoms with van der Waals surface area (Å²) in [5.74, 6) is 0.309. The third kappa shape index (κ3) is 3.89. The molecule has 0 fully saturated rings. The number of anilines is 1. The summed E-state index contributed by atoms with van der Waals surface area (Å²) in [5.41, 5.74) is 4.47. The van der Waals surface area contributed by atoms with Crippen molar-refractivity contribution in [2.45, 2.75) is 19.9 Å². The van der Waals surface area contributed by atoms with E-state index < -0.39 is 11.9 Å². The largest absolute Gasteiger partial charge is 0.334 e. The maximum atomic E-state index is 13.9. The van der Waals surface area contributed by atoms with Gasteiger partial charge in [-0.05, 0) is 37.6 Å². The highest BCUT2D eigenvalue weighted by Crippen LogP contribution is 2.39. The van der Waals surface area contributed by atoms with Crippen molar-refractivity contribution >= 4 is 17.3 Å². The Morgan fingerprint density at radius 2 is 1.73 bits per heavy atom. The third-order valence-corrected chi connectivity index (χ3v) is 5.65. The fraction of sp³-hybridized carbons (Fsp3) is 0.115. The van der Waals surface area contributed by atoms with E-state index >= 15 is 0 Å². The molecule has 0 bridgehead atoms. The molecule has 1 aliphatic rings. The second-order valence-corrected chi connectivity index (χ2v) is 7.90. The van der Waals surface area contributed by atoms with E-state index in [1.165, 1.54) is 17.0 Å². The molecule has 1 N–H and O–H groups in total. The van der Waals surface area contributed by atoms with Crippen molar-refractivity contribution in [3.8, 4) is 11.4 Å². The molecule has 0 spiro atoms. The fourth-order valence-electron chi connectivity index (χ4n) is 3.99. The third-order valence-electron chi connectivity index (χ3n) is 5.65. The number of benzene rings is 3. The van der Waals surface area contributed by atoms with Gasteiger partial charge in [0.25, 0.3) is 5.89 Å². The molecule has 4 aromatic rings. The molecular weight excluding hydrogens is 419 g/mol. The Morgan fingerprint density at radius 1 is 0.970 bits per heavy atom. The number of carbonyl (C=O) groups excluding carboxylic acids is 1. The van der Waals surface area contributed by atoms with E-state index in [4.69, 9.17) is 4.52 Å². The summed E-state index contributed by atoms with van der Waals surface area (Å²) in [5, 5.41) is 7.19. The number of hydrogen-bond donors (Lipinski definition) is 1. The van der Waals surface area contributed by atoms with Crippen LogP contribution in [0.25, 0.3) is 17.0 Å². The number of amides is 2. The molecule has 0 saturated carbocycles. The Hall–Kier alpha value is -4.26. The van der Waals surface area contributed by atoms with E-state index in [9.17, 15) is 9.18 Å². The quantitative estimate of drug-likeness (QED) is 0.430. The fourth-order valence-corrected chi connectivity index (χ4v) is 3.99. The van der Waals surface area contributed by atoms with Crippen LogP contribution in [0.2, 0.25) is 0 Å². The normalized spacial score (nSPS) is 16.2. The Morgan fingerprint density at radius 3 is 2.45 bits per heavy atom. The molecule has 6 nitrogen and oxygen atoms in total. The van der Waals surface area contributed by atoms with Gasteiger partial charge in [0.2, 0.25) is 5.82 Å². The van der Waals surface area contributed by atoms with Crippen LogP contribution in [-0.2, 0) is 0 Å². The Labute approximate surface area is 190 Å². The predicted molar refractivity (Wildman–Crippen MR) is 124 cm³/mol. The number of rotatable bonds is 4. The molecule has 5 rings (SSSR count). The van der Waals surface area contributed by atoms with Gasteiger partial charge >= 0.3 is 6.03 Å². The summed E-state index contributed by atoms with van der Waals surface area (Å²) in [4.78, 5) is 19.2. The molecule has 164 valence electrons. The molecular formula is C26H21FN4O2. The van der Waals surface area contributed by atoms with Crippen molar-refractivity contribution in [1.82, 2.24) is 15.5 Å². The molecule has 0 saturated heterocycles. The van der Waals surface area contributed by atoms with Crippen LogP contribution in [-0.4, -0.2) is 16.2 Å². The summed E-state index contributed by atoms with van der Waals surface area (Å²) < 4.78 is 19.6. The minimum atomic E-state index is -0.505. The van der Waals surface area contributed by atoms with E-state index in [-0.39, 0.29) is 6.03 Å². The van der Waals surface area contributed by atoms with Crippen molar-refractivity contribution in [3.05, 3.63) is 107 Å². The minimum Gasteiger partial charge on any atom is -0.334 e. The van der Waals surface area contributed by atoms with Gasteiger partial charge in [-0.25, -0.2) is 9.18 Å². The van der Waals surface area contributed by atoms with Crippen LogP contribution in [0, 0.1) is 12.7 Å². The van der Waals surface area contributed by atoms with Gasteiger partial charge in [0.1, 0.15) is 5.82 Å². The zero-order chi connectivity index (χ0) is 22.9. The van der Waals surface area contributed by atoms with Crippen LogP contribution in [0.15, 0.2) is 89.1 Å². The first-order valence-electron chi connectivity index (χ1n) is 10.5. The van der Waals surface area contributed by atoms with Gasteiger partial charge in [-0.1, -0.05) is 71.4 Å². The number of halogens is 1. The molecule has 0 aliphatic carbocycles. The molecule has 1 aliphatic heterocycles. The van der Waals surface area contributed by atoms with Crippen molar-refractivity contribution in [2.75, 3.05) is 4.90 Å². The maximum absolute atomic E-state index is 13.9. The second-order valence-electron chi connectivity index (χ2n) is 7.90. The number of nitrogens with zero attached hydrogens (tertiary/aromatic N) is 3. The van der Waals surface area contributed by atoms with Gasteiger partial charge in [-0.2, -0.15) is 4.98 Å². The topological polar surface area (TPSA) is 71.3 Å². The lowest BCUT2D eigenvalue weighted by Gasteiger charge is -2.35. The highest BCUT2D eigenvalue weighted by molar-refractivity contribution is 6.01. The number of aryl methyl sites for hydroxylation is 1. The van der Waals surface area contributed by atoms with Gasteiger partial charge in [0, 0.05) is 11.3 Å². The highest BCUT2D eigenvalue weighted by Gasteiger charge is 2.36. The molecule has 7 heteroatoms. The predicted octanol–water partition coefficient (Wildman–Crippen LogP) is 5.89. The lowest BCUT2D eigenvalue weighted by Crippen LogP contribution is -2.46. The van der Waals surface area contributed by atoms with Crippen LogP contribution in [0.3, 0.4) is 0 Å². The first-order valence-corrected chi connectivity index (χ1v) is 10.5. The van der Waals surface area contributed by atoms with E-state index in [0.717, 1.165) is 16.7 Å². The van der Waals surface area contributed by atoms with Gasteiger partial charge in [-0.3, -0.25) is 4.90 Å². The number of nitrogens with one attached hydrogen (secondary N) is 1. The first kappa shape index (κ1) is 20.6. The number of carbonyl (C=O) groups is 1. The average Bonchev–Trinajstić information content (AvgIpc) is 3.29. The molecule has 33 heavy (non-hydrogen) atoms. The molecule has 3 aromatic carbocycles. The Bertz CT molecular complexity index is 1350. The molecule has 2 amide bonds. The highest BCUT2D eigenvalue weighted by atomic mass is 19.1. The summed E-state index contributed by atoms with van der Waals surface area (Å²) in [6.07, 6.45) is 0. The zero-order valence-corrected chi connectivity index (χ0v) is 18.1. The smallest absolute Gasteiger partial charge is 0.327 e. The van der Waals surface area contributed by atoms with Gasteiger partial charge < -0.3 is 9.84 Å². The number of urea groups is 1. The lowest BCUT2D eigenvalue weighted by atomic mass is 9.94. The van der Waals surface area contributed by atoms with Gasteiger partial charge in [-0.15, -0.1) is 0 Å². The Kier molecular flexibility index (Phi) is 5.22. The van der Waals surface area contributed by atoms with Crippen LogP contribution in [0.5, 0.6) is 0 Å². The summed E-state index contributed by atoms with van der Waals surface area (Å²) in [7, 11) is 0. The summed E-state index contributed by atoms with van der Waals surface area (Å²) in [6, 6.07) is 22.4. The monoisotopic (exact) mass is 440 g/mol. The molecule has 0 radical (unpaired) electrons. The number of allylic oxidation sites excluding steroid dienone is 1. The molecule has 1 atom stereocenters. The zero-order valence-electron chi connectivity index (χ0n) is 18.1. The van der Waals surface area contributed by atoms with E-state index in [1.807, 2.05) is 61.5 Å². The van der Waals surface area contributed by atoms with E-state index in [0.29, 0.717) is 28.7 Å². The van der Waals surface area contributed by atoms with Crippen molar-refractivity contribution in [1.29, 1.82) is 0 Å². The van der Waals surface area contributed by atoms with Crippen molar-refractivity contribution < 1.29 is 13.7 Å². The van der Waals surface area contributed by atoms with Gasteiger partial charge in [0.05, 0.1) is 17.3 Å². The van der Waals surface area contributed by atoms with Crippen molar-refractivity contribution in [2.24, 2.45) is 0 Å². The van der Waals surface area contributed by atoms with Gasteiger partial charge in [0.15, 0.2) is 0 Å². The second kappa shape index (κ2) is 8.35. The number of hydrogen-bond acceptors (Lipinski definition) is 4. The van der Waals surface area contributed by atoms with Crippen LogP contribution < -0.4 is 10.2 Å². The van der Waals surface area contributed by atoms with Crippen molar-refractivity contribution in [3.63, 3.8) is 0 Å². The molecule has 1 unspecified atom stereocenters. The summed E-state index contributed by atoms with van der Waals surface area (Å²) >= 11 is 0. The van der Waals surface area contributed by atoms with Crippen LogP contribution in [0.4, 0.5) is 14.9 Å². The minimum absolute atomic E-state index is 0.290. The first-order chi connectivity index (χ1) is 16.0. The number of aromatic nitrogens is 2. The average molecular weight is 440 g/mol. The summed E-state index contributed by atoms with van der Waals surface area (Å²) in [6.45, 7) is 3.81. The SMILES string of the molecule is CC1=C(c2nc(-c3ccc(C)cc3)no2)C(c2ccccc2)NC(=O)N1c1cccc(F)c1. The standard InChI is InChI=1S/C26H21FN4O2/c1-16-11-13-19(14-12-16)24-29-25(33-30-24)22-17(2)31(21-10-6-9-20(27)15-21)26(32)28-23(22)18-7-4-3-5-8-18/h3-15,23H,1-2H3,(H,28,32). The lowest BCUT2D eigenvalue weighted by molar-refractivity contribution is 0.244. The molecule has 1 aromatic heterocycles. The van der Waals surface area contributed by atoms with E-state index in [1.54, 1.807) is 19.1 Å². The molecule has 2 heterocycles. The van der Waals surface area contributed by atoms with E-state index in [2.05, 4.69) is 15.5 Å². The van der Waals surface area contributed by atoms with Crippen LogP contribution >= 0.6 is 0 Å². The van der Waals surface area contributed by atoms with Crippen LogP contribution in [0.1, 0.15) is 30.0 Å². The Balaban J connectivity index is 1.65.